The van der Waals surface area contributed by atoms with Crippen LogP contribution in [0.5, 0.6) is 11.5 Å². The molecule has 2 N–H and O–H groups in total. The number of hydrogen-bond acceptors (Lipinski definition) is 4. The maximum Gasteiger partial charge on any atom is 0.162 e. The third-order valence-electron chi connectivity index (χ3n) is 2.93. The van der Waals surface area contributed by atoms with E-state index < -0.39 is 0 Å². The van der Waals surface area contributed by atoms with Gasteiger partial charge in [0.15, 0.2) is 11.5 Å². The van der Waals surface area contributed by atoms with Crippen LogP contribution in [0.25, 0.3) is 0 Å². The molecule has 20 heavy (non-hydrogen) atoms. The van der Waals surface area contributed by atoms with Crippen molar-refractivity contribution in [2.75, 3.05) is 6.61 Å². The first-order valence-electron chi connectivity index (χ1n) is 6.74. The molecule has 0 fully saturated rings. The van der Waals surface area contributed by atoms with E-state index in [9.17, 15) is 0 Å². The fourth-order valence-corrected chi connectivity index (χ4v) is 2.03. The van der Waals surface area contributed by atoms with Gasteiger partial charge in [-0.3, -0.25) is 4.68 Å². The Morgan fingerprint density at radius 1 is 1.30 bits per heavy atom. The van der Waals surface area contributed by atoms with Gasteiger partial charge in [-0.15, -0.1) is 0 Å². The minimum absolute atomic E-state index is 0.158. The third kappa shape index (κ3) is 3.30. The highest BCUT2D eigenvalue weighted by Crippen LogP contribution is 2.31. The molecule has 1 aromatic heterocycles. The van der Waals surface area contributed by atoms with Crippen molar-refractivity contribution in [3.63, 3.8) is 0 Å². The normalized spacial score (nSPS) is 13.8. The Balaban J connectivity index is 2.25. The van der Waals surface area contributed by atoms with Crippen LogP contribution in [-0.2, 0) is 7.05 Å². The smallest absolute Gasteiger partial charge is 0.162 e. The van der Waals surface area contributed by atoms with Crippen LogP contribution in [0.2, 0.25) is 0 Å². The number of nitrogens with two attached hydrogens (primary N) is 1. The third-order valence-corrected chi connectivity index (χ3v) is 2.93. The lowest BCUT2D eigenvalue weighted by Crippen LogP contribution is -2.29. The molecule has 2 atom stereocenters. The molecule has 2 aromatic rings. The van der Waals surface area contributed by atoms with Crippen molar-refractivity contribution in [1.29, 1.82) is 0 Å². The molecule has 0 aliphatic rings. The number of benzene rings is 1. The van der Waals surface area contributed by atoms with E-state index in [1.807, 2.05) is 51.4 Å². The van der Waals surface area contributed by atoms with Crippen LogP contribution in [0.15, 0.2) is 36.7 Å². The van der Waals surface area contributed by atoms with Gasteiger partial charge in [-0.1, -0.05) is 12.1 Å². The molecule has 108 valence electrons. The van der Waals surface area contributed by atoms with Crippen LogP contribution in [0.1, 0.15) is 25.5 Å². The van der Waals surface area contributed by atoms with Crippen LogP contribution >= 0.6 is 0 Å². The van der Waals surface area contributed by atoms with Gasteiger partial charge in [0.2, 0.25) is 0 Å². The Labute approximate surface area is 119 Å². The van der Waals surface area contributed by atoms with Crippen molar-refractivity contribution in [3.8, 4) is 11.5 Å². The summed E-state index contributed by atoms with van der Waals surface area (Å²) in [6.07, 6.45) is 3.43. The predicted octanol–water partition coefficient (Wildman–Crippen LogP) is 2.29. The summed E-state index contributed by atoms with van der Waals surface area (Å²) in [6.45, 7) is 4.46. The maximum absolute atomic E-state index is 6.06. The standard InChI is InChI=1S/C15H21N3O2/c1-4-19-13-7-5-6-8-14(13)20-15(11(2)16)12-9-17-18(3)10-12/h5-11,15H,4,16H2,1-3H3. The fraction of sp³-hybridized carbons (Fsp3) is 0.400. The van der Waals surface area contributed by atoms with Crippen LogP contribution < -0.4 is 15.2 Å². The SMILES string of the molecule is CCOc1ccccc1OC(c1cnn(C)c1)C(C)N. The van der Waals surface area contributed by atoms with E-state index in [1.165, 1.54) is 0 Å². The van der Waals surface area contributed by atoms with Gasteiger partial charge in [0.05, 0.1) is 12.8 Å². The topological polar surface area (TPSA) is 62.3 Å². The Morgan fingerprint density at radius 3 is 2.55 bits per heavy atom. The first-order valence-corrected chi connectivity index (χ1v) is 6.74. The van der Waals surface area contributed by atoms with Crippen LogP contribution in [0.3, 0.4) is 0 Å². The van der Waals surface area contributed by atoms with Crippen LogP contribution in [-0.4, -0.2) is 22.4 Å². The van der Waals surface area contributed by atoms with Gasteiger partial charge in [0.25, 0.3) is 0 Å². The second-order valence-electron chi connectivity index (χ2n) is 4.72. The Kier molecular flexibility index (Phi) is 4.63. The highest BCUT2D eigenvalue weighted by molar-refractivity contribution is 5.40. The predicted molar refractivity (Wildman–Crippen MR) is 77.8 cm³/mol. The molecule has 0 spiro atoms. The highest BCUT2D eigenvalue weighted by atomic mass is 16.5. The molecule has 0 amide bonds. The maximum atomic E-state index is 6.06. The lowest BCUT2D eigenvalue weighted by atomic mass is 10.1. The lowest BCUT2D eigenvalue weighted by molar-refractivity contribution is 0.170. The summed E-state index contributed by atoms with van der Waals surface area (Å²) in [5.74, 6) is 1.42. The second-order valence-corrected chi connectivity index (χ2v) is 4.72. The van der Waals surface area contributed by atoms with E-state index in [2.05, 4.69) is 5.10 Å². The molecule has 0 saturated heterocycles. The highest BCUT2D eigenvalue weighted by Gasteiger charge is 2.21. The number of hydrogen-bond donors (Lipinski definition) is 1. The zero-order valence-electron chi connectivity index (χ0n) is 12.1. The molecular formula is C15H21N3O2. The van der Waals surface area contributed by atoms with Crippen LogP contribution in [0.4, 0.5) is 0 Å². The average molecular weight is 275 g/mol. The summed E-state index contributed by atoms with van der Waals surface area (Å²) in [5.41, 5.74) is 7.00. The molecular weight excluding hydrogens is 254 g/mol. The quantitative estimate of drug-likeness (QED) is 0.878. The summed E-state index contributed by atoms with van der Waals surface area (Å²) in [6, 6.07) is 7.45. The Hall–Kier alpha value is -2.01. The number of nitrogens with zero attached hydrogens (tertiary/aromatic N) is 2. The molecule has 5 heteroatoms. The van der Waals surface area contributed by atoms with Crippen molar-refractivity contribution in [2.24, 2.45) is 12.8 Å². The summed E-state index contributed by atoms with van der Waals surface area (Å²) >= 11 is 0. The first kappa shape index (κ1) is 14.4. The molecule has 0 aliphatic carbocycles. The van der Waals surface area contributed by atoms with Gasteiger partial charge in [-0.2, -0.15) is 5.10 Å². The number of aromatic nitrogens is 2. The molecule has 5 nitrogen and oxygen atoms in total. The van der Waals surface area contributed by atoms with Gasteiger partial charge in [0, 0.05) is 24.8 Å². The van der Waals surface area contributed by atoms with Gasteiger partial charge in [0.1, 0.15) is 6.10 Å². The zero-order valence-corrected chi connectivity index (χ0v) is 12.1. The molecule has 0 aliphatic heterocycles. The Bertz CT molecular complexity index is 552. The number of aryl methyl sites for hydroxylation is 1. The van der Waals surface area contributed by atoms with Crippen molar-refractivity contribution in [2.45, 2.75) is 26.0 Å². The van der Waals surface area contributed by atoms with Gasteiger partial charge in [-0.25, -0.2) is 0 Å². The van der Waals surface area contributed by atoms with Gasteiger partial charge >= 0.3 is 0 Å². The molecule has 2 unspecified atom stereocenters. The molecule has 2 rings (SSSR count). The molecule has 1 aromatic carbocycles. The summed E-state index contributed by atoms with van der Waals surface area (Å²) < 4.78 is 13.4. The van der Waals surface area contributed by atoms with Gasteiger partial charge < -0.3 is 15.2 Å². The second kappa shape index (κ2) is 6.43. The summed E-state index contributed by atoms with van der Waals surface area (Å²) in [7, 11) is 1.87. The van der Waals surface area contributed by atoms with Crippen molar-refractivity contribution < 1.29 is 9.47 Å². The van der Waals surface area contributed by atoms with Crippen molar-refractivity contribution in [3.05, 3.63) is 42.2 Å². The van der Waals surface area contributed by atoms with Crippen molar-refractivity contribution in [1.82, 2.24) is 9.78 Å². The van der Waals surface area contributed by atoms with Gasteiger partial charge in [-0.05, 0) is 26.0 Å². The largest absolute Gasteiger partial charge is 0.490 e. The van der Waals surface area contributed by atoms with Crippen molar-refractivity contribution >= 4 is 0 Å². The van der Waals surface area contributed by atoms with E-state index >= 15 is 0 Å². The summed E-state index contributed by atoms with van der Waals surface area (Å²) in [5, 5.41) is 4.17. The number of para-hydroxylation sites is 2. The minimum Gasteiger partial charge on any atom is -0.490 e. The average Bonchev–Trinajstić information content (AvgIpc) is 2.84. The summed E-state index contributed by atoms with van der Waals surface area (Å²) in [4.78, 5) is 0. The minimum atomic E-state index is -0.259. The molecule has 0 saturated carbocycles. The monoisotopic (exact) mass is 275 g/mol. The lowest BCUT2D eigenvalue weighted by Gasteiger charge is -2.22. The Morgan fingerprint density at radius 2 is 2.00 bits per heavy atom. The number of rotatable bonds is 6. The van der Waals surface area contributed by atoms with E-state index in [0.717, 1.165) is 11.3 Å². The van der Waals surface area contributed by atoms with E-state index in [0.29, 0.717) is 12.4 Å². The first-order chi connectivity index (χ1) is 9.61. The molecule has 1 heterocycles. The molecule has 0 bridgehead atoms. The number of ether oxygens (including phenoxy) is 2. The van der Waals surface area contributed by atoms with E-state index in [1.54, 1.807) is 10.9 Å². The van der Waals surface area contributed by atoms with E-state index in [4.69, 9.17) is 15.2 Å². The van der Waals surface area contributed by atoms with E-state index in [-0.39, 0.29) is 12.1 Å². The zero-order chi connectivity index (χ0) is 14.5. The fourth-order valence-electron chi connectivity index (χ4n) is 2.03. The molecule has 0 radical (unpaired) electrons. The van der Waals surface area contributed by atoms with Crippen LogP contribution in [0, 0.1) is 0 Å².